The van der Waals surface area contributed by atoms with Gasteiger partial charge in [-0.3, -0.25) is 24.0 Å². The van der Waals surface area contributed by atoms with Crippen molar-refractivity contribution in [2.75, 3.05) is 97.3 Å². The summed E-state index contributed by atoms with van der Waals surface area (Å²) < 4.78 is 20.8. The maximum Gasteiger partial charge on any atom is 0.410 e. The fraction of sp³-hybridized carbons (Fsp3) is 0.417. The van der Waals surface area contributed by atoms with E-state index in [9.17, 15) is 38.4 Å². The van der Waals surface area contributed by atoms with E-state index < -0.39 is 23.4 Å². The summed E-state index contributed by atoms with van der Waals surface area (Å²) in [4.78, 5) is 114. The Bertz CT molecular complexity index is 4070. The molecule has 11 N–H and O–H groups in total. The molecule has 4 aromatic heterocycles. The highest BCUT2D eigenvalue weighted by atomic mass is 16.6. The Balaban J connectivity index is 0.000000170. The first-order chi connectivity index (χ1) is 49.7. The molecular formula is C72H90N18O14. The predicted octanol–water partition coefficient (Wildman–Crippen LogP) is 4.21. The Labute approximate surface area is 601 Å². The number of carbonyl (C=O) groups is 8. The molecule has 13 rings (SSSR count). The molecule has 0 fully saturated rings. The highest BCUT2D eigenvalue weighted by molar-refractivity contribution is 5.93. The molecule has 5 aliphatic heterocycles. The van der Waals surface area contributed by atoms with Gasteiger partial charge in [-0.15, -0.1) is 20.4 Å². The number of fused-ring (bicyclic) bond motifs is 2. The predicted molar refractivity (Wildman–Crippen MR) is 381 cm³/mol. The third-order valence-electron chi connectivity index (χ3n) is 17.1. The highest BCUT2D eigenvalue weighted by Crippen LogP contribution is 2.27. The molecule has 0 bridgehead atoms. The van der Waals surface area contributed by atoms with Gasteiger partial charge in [0.25, 0.3) is 11.8 Å². The van der Waals surface area contributed by atoms with Crippen LogP contribution in [0, 0.1) is 0 Å². The first-order valence-electron chi connectivity index (χ1n) is 33.9. The zero-order chi connectivity index (χ0) is 74.9. The Morgan fingerprint density at radius 3 is 1.33 bits per heavy atom. The molecule has 0 atom stereocenters. The summed E-state index contributed by atoms with van der Waals surface area (Å²) in [6.07, 6.45) is 21.6. The second-order valence-electron chi connectivity index (χ2n) is 26.2. The van der Waals surface area contributed by atoms with Crippen LogP contribution >= 0.6 is 0 Å². The van der Waals surface area contributed by atoms with E-state index in [4.69, 9.17) is 41.0 Å². The number of methoxy groups -OCH3 is 1. The fourth-order valence-corrected chi connectivity index (χ4v) is 11.4. The summed E-state index contributed by atoms with van der Waals surface area (Å²) in [5.74, 6) is -1.47. The Hall–Kier alpha value is -11.4. The van der Waals surface area contributed by atoms with Gasteiger partial charge in [0.15, 0.2) is 0 Å². The first kappa shape index (κ1) is 78.3. The minimum atomic E-state index is -1.02. The number of anilines is 2. The number of primary amides is 3. The van der Waals surface area contributed by atoms with Crippen LogP contribution in [0.25, 0.3) is 22.9 Å². The van der Waals surface area contributed by atoms with E-state index in [1.165, 1.54) is 29.4 Å². The largest absolute Gasteiger partial charge is 0.481 e. The molecule has 552 valence electrons. The number of carboxylic acid groups (broad SMARTS) is 2. The minimum Gasteiger partial charge on any atom is -0.481 e. The molecule has 0 unspecified atom stereocenters. The zero-order valence-corrected chi connectivity index (χ0v) is 59.2. The number of likely N-dealkylation sites (N-methyl/N-ethyl adjacent to an activating group) is 2. The van der Waals surface area contributed by atoms with Gasteiger partial charge in [-0.25, -0.2) is 34.3 Å². The van der Waals surface area contributed by atoms with Crippen molar-refractivity contribution in [3.8, 4) is 22.9 Å². The average Bonchev–Trinajstić information content (AvgIpc) is 1.71. The highest BCUT2D eigenvalue weighted by Gasteiger charge is 2.28. The van der Waals surface area contributed by atoms with Crippen LogP contribution in [0.1, 0.15) is 86.9 Å². The van der Waals surface area contributed by atoms with Crippen molar-refractivity contribution >= 4 is 59.5 Å². The number of amides is 5. The molecule has 0 saturated carbocycles. The number of nitrogens with zero attached hydrogens (tertiary/aromatic N) is 12. The van der Waals surface area contributed by atoms with E-state index in [1.807, 2.05) is 47.0 Å². The van der Waals surface area contributed by atoms with Crippen molar-refractivity contribution in [2.24, 2.45) is 17.2 Å². The van der Waals surface area contributed by atoms with E-state index in [-0.39, 0.29) is 78.3 Å². The zero-order valence-electron chi connectivity index (χ0n) is 59.2. The number of carboxylic acids is 2. The maximum atomic E-state index is 12.5. The van der Waals surface area contributed by atoms with Gasteiger partial charge >= 0.3 is 24.0 Å². The molecule has 5 amide bonds. The molecule has 6 aromatic rings. The normalized spacial score (nSPS) is 16.5. The van der Waals surface area contributed by atoms with E-state index in [0.29, 0.717) is 85.2 Å². The van der Waals surface area contributed by atoms with Crippen LogP contribution in [0.2, 0.25) is 0 Å². The number of esters is 1. The van der Waals surface area contributed by atoms with Crippen molar-refractivity contribution in [3.63, 3.8) is 0 Å². The third kappa shape index (κ3) is 24.7. The van der Waals surface area contributed by atoms with Gasteiger partial charge < -0.3 is 81.3 Å². The minimum absolute atomic E-state index is 0.0184. The lowest BCUT2D eigenvalue weighted by atomic mass is 10.1. The number of nitrogens with two attached hydrogens (primary N) is 3. The summed E-state index contributed by atoms with van der Waals surface area (Å²) >= 11 is 0. The van der Waals surface area contributed by atoms with Gasteiger partial charge in [-0.2, -0.15) is 0 Å². The van der Waals surface area contributed by atoms with Gasteiger partial charge in [0.2, 0.25) is 47.3 Å². The molecule has 32 nitrogen and oxygen atoms in total. The monoisotopic (exact) mass is 1430 g/mol. The molecule has 2 aromatic carbocycles. The van der Waals surface area contributed by atoms with Crippen molar-refractivity contribution in [1.29, 1.82) is 0 Å². The topological polar surface area (TPSA) is 452 Å². The van der Waals surface area contributed by atoms with Crippen LogP contribution in [-0.2, 0) is 81.6 Å². The molecule has 32 heteroatoms. The van der Waals surface area contributed by atoms with Crippen molar-refractivity contribution < 1.29 is 66.9 Å². The van der Waals surface area contributed by atoms with Crippen LogP contribution < -0.4 is 33.2 Å². The SMILES string of the molecule is CN1CC=C(C(=O)O)CC1.CN1CC=C(C(N)=O)CC1.COC(=O)C1=CCN(C(=O)OC(C)(C)C)CC1.NC(=O)C1=CCN(C(=O)Cc2nnc(-c3cnc(NC4Cc5ccccc5C4)nc3)o2)CC1.NC(=O)C1=CCNCC1.O=C(O)Cc1nnc(-c2cnc(NC3Cc4ccccc4C3)nc2)o1. The second kappa shape index (κ2) is 38.0. The van der Waals surface area contributed by atoms with Gasteiger partial charge in [-0.05, 0) is 121 Å². The number of rotatable bonds is 15. The smallest absolute Gasteiger partial charge is 0.410 e. The number of hydrogen-bond donors (Lipinski definition) is 8. The van der Waals surface area contributed by atoms with Gasteiger partial charge in [0, 0.05) is 124 Å². The van der Waals surface area contributed by atoms with E-state index in [1.54, 1.807) is 52.8 Å². The molecule has 104 heavy (non-hydrogen) atoms. The van der Waals surface area contributed by atoms with Crippen molar-refractivity contribution in [3.05, 3.63) is 166 Å². The molecule has 0 saturated heterocycles. The quantitative estimate of drug-likeness (QED) is 0.0667. The van der Waals surface area contributed by atoms with E-state index >= 15 is 0 Å². The summed E-state index contributed by atoms with van der Waals surface area (Å²) in [6.45, 7) is 12.2. The Morgan fingerprint density at radius 2 is 0.962 bits per heavy atom. The first-order valence-corrected chi connectivity index (χ1v) is 33.9. The molecular weight excluding hydrogens is 1340 g/mol. The summed E-state index contributed by atoms with van der Waals surface area (Å²) in [6, 6.07) is 17.3. The number of nitrogens with one attached hydrogen (secondary N) is 3. The second-order valence-corrected chi connectivity index (χ2v) is 26.2. The van der Waals surface area contributed by atoms with Crippen molar-refractivity contribution in [2.45, 2.75) is 109 Å². The summed E-state index contributed by atoms with van der Waals surface area (Å²) in [7, 11) is 5.35. The lowest BCUT2D eigenvalue weighted by Crippen LogP contribution is -2.39. The van der Waals surface area contributed by atoms with Crippen LogP contribution in [0.15, 0.2) is 140 Å². The standard InChI is InChI=1S/C23H23N7O3.C17H15N5O3.C12H19NO4.C7H12N2O.C7H11NO2.C6H10N2O/c24-21(32)14-5-7-30(8-6-14)20(31)11-19-28-29-22(33-19)17-12-25-23(26-13-17)27-18-9-15-3-1-2-4-16(15)10-18;23-15(24)7-14-21-22-16(25-14)12-8-18-17(19-9-12)20-13-5-10-3-1-2-4-11(10)6-13;1-12(2,3)17-11(15)13-7-5-9(6-8-13)10(14)16-4;1-9-4-2-6(3-5-9)7(8)10;1-8-4-2-6(3-5-8)7(9)10;7-6(9)5-1-3-8-4-2-5/h1-5,12-13,18H,6-11H2,(H2,24,32)(H,25,26,27);1-4,8-9,13H,5-7H2,(H,23,24)(H,18,19,20);5H,6-8H2,1-4H3;2H,3-5H2,1H3,(H2,8,10);2H,3-5H2,1H3,(H,9,10);1,8H,2-4H2,(H2,7,9). The summed E-state index contributed by atoms with van der Waals surface area (Å²) in [5, 5.41) is 42.6. The van der Waals surface area contributed by atoms with Crippen LogP contribution in [-0.4, -0.2) is 222 Å². The number of ether oxygens (including phenoxy) is 2. The van der Waals surface area contributed by atoms with Gasteiger partial charge in [0.05, 0.1) is 18.2 Å². The molecule has 0 radical (unpaired) electrons. The molecule has 9 heterocycles. The fourth-order valence-electron chi connectivity index (χ4n) is 11.4. The van der Waals surface area contributed by atoms with Crippen LogP contribution in [0.5, 0.6) is 0 Å². The lowest BCUT2D eigenvalue weighted by Gasteiger charge is -2.29. The van der Waals surface area contributed by atoms with E-state index in [2.05, 4.69) is 119 Å². The number of hydrogen-bond acceptors (Lipinski definition) is 25. The summed E-state index contributed by atoms with van der Waals surface area (Å²) in [5.41, 5.74) is 24.7. The Morgan fingerprint density at radius 1 is 0.548 bits per heavy atom. The lowest BCUT2D eigenvalue weighted by molar-refractivity contribution is -0.137. The van der Waals surface area contributed by atoms with Gasteiger partial charge in [-0.1, -0.05) is 78.9 Å². The molecule has 2 aliphatic carbocycles. The third-order valence-corrected chi connectivity index (χ3v) is 17.1. The number of aromatic nitrogens is 8. The average molecular weight is 1430 g/mol. The van der Waals surface area contributed by atoms with Crippen LogP contribution in [0.4, 0.5) is 16.7 Å². The van der Waals surface area contributed by atoms with Crippen LogP contribution in [0.3, 0.4) is 0 Å². The van der Waals surface area contributed by atoms with Gasteiger partial charge in [0.1, 0.15) is 18.4 Å². The Kier molecular flexibility index (Phi) is 28.7. The number of benzene rings is 2. The maximum absolute atomic E-state index is 12.5. The van der Waals surface area contributed by atoms with Crippen molar-refractivity contribution in [1.82, 2.24) is 65.2 Å². The molecule has 7 aliphatic rings. The number of carbonyl (C=O) groups excluding carboxylic acids is 6. The number of aliphatic carboxylic acids is 2. The van der Waals surface area contributed by atoms with E-state index in [0.717, 1.165) is 88.9 Å². The molecule has 0 spiro atoms.